The summed E-state index contributed by atoms with van der Waals surface area (Å²) in [5.41, 5.74) is 2.39. The summed E-state index contributed by atoms with van der Waals surface area (Å²) >= 11 is 1.61. The first-order valence-electron chi connectivity index (χ1n) is 7.85. The van der Waals surface area contributed by atoms with Crippen molar-refractivity contribution in [2.24, 2.45) is 7.05 Å². The van der Waals surface area contributed by atoms with Gasteiger partial charge in [-0.3, -0.25) is 0 Å². The van der Waals surface area contributed by atoms with Crippen LogP contribution in [-0.2, 0) is 13.6 Å². The highest BCUT2D eigenvalue weighted by molar-refractivity contribution is 7.09. The molecule has 2 aromatic heterocycles. The van der Waals surface area contributed by atoms with E-state index in [1.54, 1.807) is 30.5 Å². The van der Waals surface area contributed by atoms with Crippen molar-refractivity contribution in [2.45, 2.75) is 26.3 Å². The zero-order chi connectivity index (χ0) is 17.8. The highest BCUT2D eigenvalue weighted by Crippen LogP contribution is 2.19. The predicted molar refractivity (Wildman–Crippen MR) is 96.3 cm³/mol. The Bertz CT molecular complexity index is 854. The number of carbonyl (C=O) groups is 1. The second-order valence-corrected chi connectivity index (χ2v) is 6.71. The van der Waals surface area contributed by atoms with Crippen molar-refractivity contribution in [3.8, 4) is 11.4 Å². The smallest absolute Gasteiger partial charge is 0.319 e. The van der Waals surface area contributed by atoms with Crippen molar-refractivity contribution in [1.29, 1.82) is 0 Å². The van der Waals surface area contributed by atoms with E-state index in [0.717, 1.165) is 16.3 Å². The van der Waals surface area contributed by atoms with Crippen molar-refractivity contribution >= 4 is 23.1 Å². The molecule has 0 saturated carbocycles. The Morgan fingerprint density at radius 3 is 2.64 bits per heavy atom. The van der Waals surface area contributed by atoms with Gasteiger partial charge in [-0.05, 0) is 29.5 Å². The first-order chi connectivity index (χ1) is 12.0. The minimum atomic E-state index is -0.274. The number of rotatable bonds is 5. The molecular formula is C16H19N7OS. The second-order valence-electron chi connectivity index (χ2n) is 5.82. The number of nitrogens with zero attached hydrogens (tertiary/aromatic N) is 5. The van der Waals surface area contributed by atoms with Crippen LogP contribution in [0.5, 0.6) is 0 Å². The Balaban J connectivity index is 1.53. The van der Waals surface area contributed by atoms with Crippen LogP contribution in [0.2, 0.25) is 0 Å². The number of aromatic nitrogens is 5. The molecule has 130 valence electrons. The highest BCUT2D eigenvalue weighted by Gasteiger charge is 2.08. The number of tetrazole rings is 1. The molecule has 2 amide bonds. The molecule has 0 fully saturated rings. The quantitative estimate of drug-likeness (QED) is 0.732. The molecule has 0 atom stereocenters. The lowest BCUT2D eigenvalue weighted by atomic mass is 10.2. The van der Waals surface area contributed by atoms with E-state index in [0.29, 0.717) is 24.0 Å². The minimum Gasteiger partial charge on any atom is -0.332 e. The van der Waals surface area contributed by atoms with Gasteiger partial charge in [0.05, 0.1) is 24.3 Å². The minimum absolute atomic E-state index is 0.274. The van der Waals surface area contributed by atoms with Gasteiger partial charge in [0.25, 0.3) is 0 Å². The topological polar surface area (TPSA) is 97.6 Å². The largest absolute Gasteiger partial charge is 0.332 e. The zero-order valence-electron chi connectivity index (χ0n) is 14.2. The number of benzene rings is 1. The Morgan fingerprint density at radius 2 is 2.04 bits per heavy atom. The average molecular weight is 357 g/mol. The van der Waals surface area contributed by atoms with Crippen molar-refractivity contribution in [3.05, 3.63) is 40.3 Å². The normalized spacial score (nSPS) is 10.9. The molecular weight excluding hydrogens is 338 g/mol. The van der Waals surface area contributed by atoms with Gasteiger partial charge in [0.2, 0.25) is 5.82 Å². The van der Waals surface area contributed by atoms with Crippen LogP contribution >= 0.6 is 11.3 Å². The van der Waals surface area contributed by atoms with Gasteiger partial charge in [-0.2, -0.15) is 4.80 Å². The van der Waals surface area contributed by atoms with E-state index in [9.17, 15) is 4.79 Å². The van der Waals surface area contributed by atoms with Crippen LogP contribution in [0.3, 0.4) is 0 Å². The summed E-state index contributed by atoms with van der Waals surface area (Å²) in [4.78, 5) is 17.9. The summed E-state index contributed by atoms with van der Waals surface area (Å²) in [6.45, 7) is 4.60. The lowest BCUT2D eigenvalue weighted by Crippen LogP contribution is -2.28. The number of hydrogen-bond acceptors (Lipinski definition) is 6. The Hall–Kier alpha value is -2.81. The fourth-order valence-electron chi connectivity index (χ4n) is 2.12. The van der Waals surface area contributed by atoms with Crippen LogP contribution in [0.4, 0.5) is 10.5 Å². The average Bonchev–Trinajstić information content (AvgIpc) is 3.23. The third-order valence-corrected chi connectivity index (χ3v) is 4.60. The maximum Gasteiger partial charge on any atom is 0.319 e. The Labute approximate surface area is 149 Å². The Morgan fingerprint density at radius 1 is 1.28 bits per heavy atom. The maximum atomic E-state index is 12.0. The molecule has 0 spiro atoms. The monoisotopic (exact) mass is 357 g/mol. The van der Waals surface area contributed by atoms with E-state index in [2.05, 4.69) is 44.9 Å². The number of urea groups is 1. The van der Waals surface area contributed by atoms with Crippen molar-refractivity contribution in [3.63, 3.8) is 0 Å². The van der Waals surface area contributed by atoms with Crippen molar-refractivity contribution in [1.82, 2.24) is 30.5 Å². The molecule has 0 radical (unpaired) electrons. The predicted octanol–water partition coefficient (Wildman–Crippen LogP) is 2.78. The molecule has 25 heavy (non-hydrogen) atoms. The fourth-order valence-corrected chi connectivity index (χ4v) is 2.95. The molecule has 8 nitrogen and oxygen atoms in total. The van der Waals surface area contributed by atoms with E-state index in [1.165, 1.54) is 4.80 Å². The first kappa shape index (κ1) is 17.0. The third kappa shape index (κ3) is 4.38. The molecule has 0 aliphatic rings. The van der Waals surface area contributed by atoms with E-state index < -0.39 is 0 Å². The van der Waals surface area contributed by atoms with Gasteiger partial charge in [0, 0.05) is 22.5 Å². The molecule has 2 heterocycles. The van der Waals surface area contributed by atoms with Gasteiger partial charge in [-0.1, -0.05) is 13.8 Å². The summed E-state index contributed by atoms with van der Waals surface area (Å²) in [6, 6.07) is 6.99. The van der Waals surface area contributed by atoms with Crippen LogP contribution < -0.4 is 10.6 Å². The lowest BCUT2D eigenvalue weighted by Gasteiger charge is -2.07. The molecule has 1 aromatic carbocycles. The molecule has 0 aliphatic carbocycles. The van der Waals surface area contributed by atoms with E-state index in [1.807, 2.05) is 17.5 Å². The number of amides is 2. The summed E-state index contributed by atoms with van der Waals surface area (Å²) < 4.78 is 0. The first-order valence-corrected chi connectivity index (χ1v) is 8.73. The molecule has 2 N–H and O–H groups in total. The highest BCUT2D eigenvalue weighted by atomic mass is 32.1. The number of aryl methyl sites for hydroxylation is 1. The van der Waals surface area contributed by atoms with Crippen LogP contribution in [-0.4, -0.2) is 31.2 Å². The number of carbonyl (C=O) groups excluding carboxylic acids is 1. The van der Waals surface area contributed by atoms with E-state index in [-0.39, 0.29) is 6.03 Å². The van der Waals surface area contributed by atoms with Gasteiger partial charge in [0.1, 0.15) is 0 Å². The van der Waals surface area contributed by atoms with Gasteiger partial charge in [-0.15, -0.1) is 21.5 Å². The molecule has 3 aromatic rings. The third-order valence-electron chi connectivity index (χ3n) is 3.40. The van der Waals surface area contributed by atoms with E-state index >= 15 is 0 Å². The van der Waals surface area contributed by atoms with E-state index in [4.69, 9.17) is 0 Å². The van der Waals surface area contributed by atoms with Crippen molar-refractivity contribution < 1.29 is 4.79 Å². The second kappa shape index (κ2) is 7.39. The molecule has 0 saturated heterocycles. The molecule has 3 rings (SSSR count). The summed E-state index contributed by atoms with van der Waals surface area (Å²) in [7, 11) is 1.71. The standard InChI is InChI=1S/C16H19N7OS/c1-10(2)15-18-13(9-25-15)8-17-16(24)19-12-6-4-11(5-7-12)14-20-22-23(3)21-14/h4-7,9-10H,8H2,1-3H3,(H2,17,19,24). The van der Waals surface area contributed by atoms with Gasteiger partial charge in [0.15, 0.2) is 0 Å². The molecule has 0 bridgehead atoms. The van der Waals surface area contributed by atoms with Gasteiger partial charge < -0.3 is 10.6 Å². The fraction of sp³-hybridized carbons (Fsp3) is 0.312. The maximum absolute atomic E-state index is 12.0. The summed E-state index contributed by atoms with van der Waals surface area (Å²) in [5, 5.41) is 20.5. The van der Waals surface area contributed by atoms with Crippen LogP contribution in [0, 0.1) is 0 Å². The summed E-state index contributed by atoms with van der Waals surface area (Å²) in [6.07, 6.45) is 0. The van der Waals surface area contributed by atoms with Crippen LogP contribution in [0.15, 0.2) is 29.6 Å². The number of hydrogen-bond donors (Lipinski definition) is 2. The summed E-state index contributed by atoms with van der Waals surface area (Å²) in [5.74, 6) is 0.942. The van der Waals surface area contributed by atoms with Crippen LogP contribution in [0.1, 0.15) is 30.5 Å². The van der Waals surface area contributed by atoms with Crippen molar-refractivity contribution in [2.75, 3.05) is 5.32 Å². The molecule has 0 unspecified atom stereocenters. The number of thiazole rings is 1. The Kier molecular flexibility index (Phi) is 5.03. The van der Waals surface area contributed by atoms with Gasteiger partial charge in [-0.25, -0.2) is 9.78 Å². The lowest BCUT2D eigenvalue weighted by molar-refractivity contribution is 0.251. The van der Waals surface area contributed by atoms with Crippen LogP contribution in [0.25, 0.3) is 11.4 Å². The molecule has 9 heteroatoms. The van der Waals surface area contributed by atoms with Gasteiger partial charge >= 0.3 is 6.03 Å². The molecule has 0 aliphatic heterocycles. The SMILES string of the molecule is CC(C)c1nc(CNC(=O)Nc2ccc(-c3nnn(C)n3)cc2)cs1. The number of anilines is 1. The number of nitrogens with one attached hydrogen (secondary N) is 2. The zero-order valence-corrected chi connectivity index (χ0v) is 15.0.